The molecule has 11 nitrogen and oxygen atoms in total. The summed E-state index contributed by atoms with van der Waals surface area (Å²) in [5.41, 5.74) is 1.52. The molecule has 3 aromatic rings. The first kappa shape index (κ1) is 28.4. The van der Waals surface area contributed by atoms with Crippen LogP contribution in [0.5, 0.6) is 0 Å². The lowest BCUT2D eigenvalue weighted by atomic mass is 9.98. The highest BCUT2D eigenvalue weighted by Gasteiger charge is 2.29. The number of Topliss-reactive ketones (excluding diaryl/α,β-unsaturated/α-hetero) is 1. The highest BCUT2D eigenvalue weighted by Crippen LogP contribution is 2.13. The number of hydrogen-bond acceptors (Lipinski definition) is 8. The van der Waals surface area contributed by atoms with E-state index in [9.17, 15) is 14.4 Å². The number of rotatable bonds is 13. The lowest BCUT2D eigenvalue weighted by Crippen LogP contribution is -2.52. The van der Waals surface area contributed by atoms with E-state index in [4.69, 9.17) is 4.74 Å². The van der Waals surface area contributed by atoms with Gasteiger partial charge in [-0.3, -0.25) is 14.6 Å². The predicted molar refractivity (Wildman–Crippen MR) is 140 cm³/mol. The van der Waals surface area contributed by atoms with Crippen molar-refractivity contribution in [2.45, 2.75) is 65.8 Å². The fraction of sp³-hybridized carbons (Fsp3) is 0.444. The van der Waals surface area contributed by atoms with Crippen LogP contribution in [0.3, 0.4) is 0 Å². The van der Waals surface area contributed by atoms with E-state index in [1.807, 2.05) is 58.0 Å². The second-order valence-corrected chi connectivity index (χ2v) is 9.93. The van der Waals surface area contributed by atoms with Crippen molar-refractivity contribution >= 4 is 17.8 Å². The average molecular weight is 522 g/mol. The maximum Gasteiger partial charge on any atom is 0.408 e. The zero-order valence-corrected chi connectivity index (χ0v) is 22.2. The Balaban J connectivity index is 1.64. The molecule has 3 rings (SSSR count). The molecule has 11 heteroatoms. The van der Waals surface area contributed by atoms with Crippen LogP contribution in [0.15, 0.2) is 54.9 Å². The number of alkyl carbamates (subject to hydrolysis) is 1. The van der Waals surface area contributed by atoms with Crippen molar-refractivity contribution < 1.29 is 19.1 Å². The number of ether oxygens (including phenoxy) is 1. The van der Waals surface area contributed by atoms with Crippen LogP contribution in [-0.2, 0) is 27.5 Å². The van der Waals surface area contributed by atoms with Gasteiger partial charge in [0.1, 0.15) is 19.2 Å². The fourth-order valence-electron chi connectivity index (χ4n) is 3.79. The molecule has 0 aliphatic rings. The standard InChI is InChI=1S/C27H35N7O4/c1-18(2)13-22(24(35)16-34-32-25(31-33-34)21-11-8-12-28-15-21)29-26(36)23(14-19(3)4)30-27(37)38-17-20-9-6-5-7-10-20/h5-12,15,18-19,22-23H,13-14,16-17H2,1-4H3,(H,29,36)(H,30,37)/t22-,23-/m0/s1. The molecule has 0 spiro atoms. The highest BCUT2D eigenvalue weighted by molar-refractivity contribution is 5.92. The molecule has 202 valence electrons. The molecule has 0 saturated carbocycles. The van der Waals surface area contributed by atoms with Crippen molar-refractivity contribution in [1.82, 2.24) is 35.8 Å². The van der Waals surface area contributed by atoms with Crippen LogP contribution in [0.1, 0.15) is 46.1 Å². The molecule has 0 fully saturated rings. The third-order valence-electron chi connectivity index (χ3n) is 5.61. The Labute approximate surface area is 222 Å². The summed E-state index contributed by atoms with van der Waals surface area (Å²) in [6.45, 7) is 7.75. The number of benzene rings is 1. The second kappa shape index (κ2) is 14.0. The van der Waals surface area contributed by atoms with Crippen molar-refractivity contribution in [2.75, 3.05) is 0 Å². The highest BCUT2D eigenvalue weighted by atomic mass is 16.5. The smallest absolute Gasteiger partial charge is 0.408 e. The van der Waals surface area contributed by atoms with Crippen molar-refractivity contribution in [3.8, 4) is 11.4 Å². The Morgan fingerprint density at radius 1 is 0.921 bits per heavy atom. The van der Waals surface area contributed by atoms with Gasteiger partial charge in [0.05, 0.1) is 6.04 Å². The fourth-order valence-corrected chi connectivity index (χ4v) is 3.79. The number of ketones is 1. The lowest BCUT2D eigenvalue weighted by Gasteiger charge is -2.24. The van der Waals surface area contributed by atoms with Gasteiger partial charge in [0, 0.05) is 18.0 Å². The molecule has 2 amide bonds. The SMILES string of the molecule is CC(C)C[C@H](NC(=O)[C@H](CC(C)C)NC(=O)OCc1ccccc1)C(=O)Cn1nnc(-c2cccnc2)n1. The van der Waals surface area contributed by atoms with Gasteiger partial charge in [-0.15, -0.1) is 10.2 Å². The first-order valence-electron chi connectivity index (χ1n) is 12.7. The minimum Gasteiger partial charge on any atom is -0.445 e. The molecule has 0 unspecified atom stereocenters. The molecule has 38 heavy (non-hydrogen) atoms. The first-order valence-corrected chi connectivity index (χ1v) is 12.7. The van der Waals surface area contributed by atoms with Gasteiger partial charge < -0.3 is 15.4 Å². The zero-order valence-electron chi connectivity index (χ0n) is 22.2. The van der Waals surface area contributed by atoms with Crippen molar-refractivity contribution in [3.05, 3.63) is 60.4 Å². The minimum absolute atomic E-state index is 0.0864. The lowest BCUT2D eigenvalue weighted by molar-refractivity contribution is -0.130. The molecule has 0 aliphatic heterocycles. The van der Waals surface area contributed by atoms with E-state index in [1.54, 1.807) is 24.5 Å². The number of carbonyl (C=O) groups excluding carboxylic acids is 3. The number of tetrazole rings is 1. The summed E-state index contributed by atoms with van der Waals surface area (Å²) in [6, 6.07) is 11.2. The molecule has 0 radical (unpaired) electrons. The number of hydrogen-bond donors (Lipinski definition) is 2. The summed E-state index contributed by atoms with van der Waals surface area (Å²) in [5.74, 6) is -0.115. The number of pyridine rings is 1. The van der Waals surface area contributed by atoms with E-state index in [-0.39, 0.29) is 30.8 Å². The summed E-state index contributed by atoms with van der Waals surface area (Å²) in [4.78, 5) is 44.1. The molecule has 2 heterocycles. The molecular formula is C27H35N7O4. The third-order valence-corrected chi connectivity index (χ3v) is 5.61. The maximum absolute atomic E-state index is 13.2. The average Bonchev–Trinajstić information content (AvgIpc) is 3.35. The Kier molecular flexibility index (Phi) is 10.4. The van der Waals surface area contributed by atoms with Gasteiger partial charge in [-0.05, 0) is 47.6 Å². The second-order valence-electron chi connectivity index (χ2n) is 9.93. The van der Waals surface area contributed by atoms with Crippen LogP contribution in [0, 0.1) is 11.8 Å². The molecule has 0 saturated heterocycles. The van der Waals surface area contributed by atoms with Crippen molar-refractivity contribution in [3.63, 3.8) is 0 Å². The van der Waals surface area contributed by atoms with Crippen molar-refractivity contribution in [1.29, 1.82) is 0 Å². The Morgan fingerprint density at radius 2 is 1.63 bits per heavy atom. The van der Waals surface area contributed by atoms with E-state index in [0.717, 1.165) is 5.56 Å². The van der Waals surface area contributed by atoms with Crippen LogP contribution in [0.25, 0.3) is 11.4 Å². The van der Waals surface area contributed by atoms with Gasteiger partial charge >= 0.3 is 6.09 Å². The van der Waals surface area contributed by atoms with Gasteiger partial charge in [0.25, 0.3) is 0 Å². The van der Waals surface area contributed by atoms with Crippen molar-refractivity contribution in [2.24, 2.45) is 11.8 Å². The minimum atomic E-state index is -0.859. The molecule has 2 N–H and O–H groups in total. The molecule has 2 atom stereocenters. The summed E-state index contributed by atoms with van der Waals surface area (Å²) in [6.07, 6.45) is 3.35. The van der Waals surface area contributed by atoms with Crippen LogP contribution >= 0.6 is 0 Å². The van der Waals surface area contributed by atoms with Gasteiger partial charge in [-0.1, -0.05) is 58.0 Å². The number of nitrogens with zero attached hydrogens (tertiary/aromatic N) is 5. The van der Waals surface area contributed by atoms with Gasteiger partial charge in [0.15, 0.2) is 5.78 Å². The summed E-state index contributed by atoms with van der Waals surface area (Å²) in [7, 11) is 0. The molecule has 1 aromatic carbocycles. The summed E-state index contributed by atoms with van der Waals surface area (Å²) < 4.78 is 5.30. The predicted octanol–water partition coefficient (Wildman–Crippen LogP) is 3.18. The summed E-state index contributed by atoms with van der Waals surface area (Å²) >= 11 is 0. The Hall–Kier alpha value is -4.15. The van der Waals surface area contributed by atoms with Gasteiger partial charge in [-0.25, -0.2) is 4.79 Å². The third kappa shape index (κ3) is 9.06. The molecular weight excluding hydrogens is 486 g/mol. The van der Waals surface area contributed by atoms with Gasteiger partial charge in [-0.2, -0.15) is 4.80 Å². The van der Waals surface area contributed by atoms with E-state index in [1.165, 1.54) is 4.80 Å². The number of aromatic nitrogens is 5. The van der Waals surface area contributed by atoms with Crippen LogP contribution in [0.4, 0.5) is 4.79 Å². The monoisotopic (exact) mass is 521 g/mol. The Bertz CT molecular complexity index is 1180. The quantitative estimate of drug-likeness (QED) is 0.349. The van der Waals surface area contributed by atoms with Crippen LogP contribution in [0.2, 0.25) is 0 Å². The zero-order chi connectivity index (χ0) is 27.5. The van der Waals surface area contributed by atoms with Crippen LogP contribution in [-0.4, -0.2) is 55.1 Å². The van der Waals surface area contributed by atoms with Crippen LogP contribution < -0.4 is 10.6 Å². The van der Waals surface area contributed by atoms with E-state index >= 15 is 0 Å². The molecule has 0 bridgehead atoms. The largest absolute Gasteiger partial charge is 0.445 e. The topological polar surface area (TPSA) is 141 Å². The van der Waals surface area contributed by atoms with Gasteiger partial charge in [0.2, 0.25) is 11.7 Å². The Morgan fingerprint density at radius 3 is 2.29 bits per heavy atom. The first-order chi connectivity index (χ1) is 18.2. The van der Waals surface area contributed by atoms with E-state index < -0.39 is 24.1 Å². The normalized spacial score (nSPS) is 12.7. The molecule has 0 aliphatic carbocycles. The van der Waals surface area contributed by atoms with E-state index in [2.05, 4.69) is 31.0 Å². The molecule has 2 aromatic heterocycles. The number of carbonyl (C=O) groups is 3. The summed E-state index contributed by atoms with van der Waals surface area (Å²) in [5, 5.41) is 17.7. The van der Waals surface area contributed by atoms with E-state index in [0.29, 0.717) is 24.2 Å². The number of amides is 2. The maximum atomic E-state index is 13.2. The number of nitrogens with one attached hydrogen (secondary N) is 2.